The van der Waals surface area contributed by atoms with E-state index in [1.54, 1.807) is 12.1 Å². The molecule has 1 fully saturated rings. The number of amides is 1. The second kappa shape index (κ2) is 6.76. The van der Waals surface area contributed by atoms with Gasteiger partial charge < -0.3 is 5.32 Å². The van der Waals surface area contributed by atoms with Crippen molar-refractivity contribution in [3.63, 3.8) is 0 Å². The first-order valence-corrected chi connectivity index (χ1v) is 10.5. The van der Waals surface area contributed by atoms with Gasteiger partial charge in [0.05, 0.1) is 27.8 Å². The third kappa shape index (κ3) is 4.90. The van der Waals surface area contributed by atoms with Crippen LogP contribution >= 0.6 is 11.6 Å². The van der Waals surface area contributed by atoms with Gasteiger partial charge in [0.2, 0.25) is 15.9 Å². The topological polar surface area (TPSA) is 109 Å². The Labute approximate surface area is 140 Å². The minimum absolute atomic E-state index is 0.0113. The van der Waals surface area contributed by atoms with E-state index in [2.05, 4.69) is 10.0 Å². The van der Waals surface area contributed by atoms with Gasteiger partial charge in [0.1, 0.15) is 0 Å². The van der Waals surface area contributed by atoms with Crippen molar-refractivity contribution >= 4 is 37.4 Å². The minimum atomic E-state index is -3.86. The molecule has 128 valence electrons. The number of benzene rings is 1. The van der Waals surface area contributed by atoms with Crippen molar-refractivity contribution in [2.45, 2.75) is 29.8 Å². The first-order valence-electron chi connectivity index (χ1n) is 6.79. The minimum Gasteiger partial charge on any atom is -0.352 e. The summed E-state index contributed by atoms with van der Waals surface area (Å²) in [6.45, 7) is 1.69. The van der Waals surface area contributed by atoms with Crippen molar-refractivity contribution in [3.05, 3.63) is 29.8 Å². The van der Waals surface area contributed by atoms with E-state index in [1.807, 2.05) is 0 Å². The molecule has 23 heavy (non-hydrogen) atoms. The molecule has 1 aromatic carbocycles. The summed E-state index contributed by atoms with van der Waals surface area (Å²) in [7, 11) is -7.18. The van der Waals surface area contributed by atoms with Crippen LogP contribution in [-0.2, 0) is 31.2 Å². The Morgan fingerprint density at radius 3 is 2.35 bits per heavy atom. The Morgan fingerprint density at radius 2 is 1.87 bits per heavy atom. The molecule has 1 saturated heterocycles. The molecule has 7 nitrogen and oxygen atoms in total. The van der Waals surface area contributed by atoms with Crippen LogP contribution in [0, 0.1) is 0 Å². The molecule has 0 radical (unpaired) electrons. The summed E-state index contributed by atoms with van der Waals surface area (Å²) in [6.07, 6.45) is 0. The van der Waals surface area contributed by atoms with Crippen LogP contribution in [0.25, 0.3) is 0 Å². The molecule has 2 rings (SSSR count). The predicted octanol–water partition coefficient (Wildman–Crippen LogP) is 0.00540. The maximum absolute atomic E-state index is 12.3. The molecule has 1 heterocycles. The van der Waals surface area contributed by atoms with Gasteiger partial charge in [-0.1, -0.05) is 12.1 Å². The van der Waals surface area contributed by atoms with Gasteiger partial charge in [0, 0.05) is 13.5 Å². The lowest BCUT2D eigenvalue weighted by molar-refractivity contribution is -0.119. The third-order valence-electron chi connectivity index (χ3n) is 3.36. The predicted molar refractivity (Wildman–Crippen MR) is 86.4 cm³/mol. The largest absolute Gasteiger partial charge is 0.352 e. The number of alkyl halides is 1. The number of carbonyl (C=O) groups excluding carboxylic acids is 1. The van der Waals surface area contributed by atoms with Crippen LogP contribution in [-0.4, -0.2) is 45.7 Å². The molecule has 2 atom stereocenters. The van der Waals surface area contributed by atoms with Crippen LogP contribution in [0.5, 0.6) is 0 Å². The smallest absolute Gasteiger partial charge is 0.240 e. The molecule has 2 N–H and O–H groups in total. The van der Waals surface area contributed by atoms with Gasteiger partial charge in [-0.3, -0.25) is 4.79 Å². The van der Waals surface area contributed by atoms with Crippen molar-refractivity contribution in [3.8, 4) is 0 Å². The molecule has 10 heteroatoms. The van der Waals surface area contributed by atoms with Crippen LogP contribution in [0.2, 0.25) is 0 Å². The van der Waals surface area contributed by atoms with Crippen LogP contribution < -0.4 is 10.0 Å². The molecule has 1 amide bonds. The van der Waals surface area contributed by atoms with Gasteiger partial charge in [-0.15, -0.1) is 11.6 Å². The van der Waals surface area contributed by atoms with Crippen molar-refractivity contribution in [1.29, 1.82) is 0 Å². The standard InChI is InChI=1S/C13H17ClN2O5S2/c1-9(17)15-6-10-2-4-11(5-3-10)23(20,21)16-13-8-22(18,19)7-12(13)14/h2-5,12-13,16H,6-8H2,1H3,(H,15,17)/t12-,13+/m1/s1. The average Bonchev–Trinajstić information content (AvgIpc) is 2.68. The quantitative estimate of drug-likeness (QED) is 0.699. The molecule has 1 aliphatic rings. The maximum atomic E-state index is 12.3. The van der Waals surface area contributed by atoms with Crippen LogP contribution in [0.1, 0.15) is 12.5 Å². The van der Waals surface area contributed by atoms with E-state index in [4.69, 9.17) is 11.6 Å². The lowest BCUT2D eigenvalue weighted by atomic mass is 10.2. The number of rotatable bonds is 5. The molecule has 0 saturated carbocycles. The van der Waals surface area contributed by atoms with Gasteiger partial charge in [-0.2, -0.15) is 0 Å². The van der Waals surface area contributed by atoms with E-state index >= 15 is 0 Å². The van der Waals surface area contributed by atoms with E-state index in [0.29, 0.717) is 6.54 Å². The van der Waals surface area contributed by atoms with Crippen LogP contribution in [0.15, 0.2) is 29.2 Å². The maximum Gasteiger partial charge on any atom is 0.240 e. The Bertz CT molecular complexity index is 790. The van der Waals surface area contributed by atoms with Gasteiger partial charge in [-0.05, 0) is 17.7 Å². The monoisotopic (exact) mass is 380 g/mol. The number of halogens is 1. The number of nitrogens with one attached hydrogen (secondary N) is 2. The Morgan fingerprint density at radius 1 is 1.26 bits per heavy atom. The van der Waals surface area contributed by atoms with Gasteiger partial charge in [0.15, 0.2) is 9.84 Å². The summed E-state index contributed by atoms with van der Waals surface area (Å²) in [4.78, 5) is 10.9. The van der Waals surface area contributed by atoms with Crippen molar-refractivity contribution in [2.24, 2.45) is 0 Å². The molecular weight excluding hydrogens is 364 g/mol. The summed E-state index contributed by atoms with van der Waals surface area (Å²) >= 11 is 5.91. The van der Waals surface area contributed by atoms with Crippen molar-refractivity contribution in [1.82, 2.24) is 10.0 Å². The number of carbonyl (C=O) groups is 1. The SMILES string of the molecule is CC(=O)NCc1ccc(S(=O)(=O)N[C@H]2CS(=O)(=O)C[C@H]2Cl)cc1. The lowest BCUT2D eigenvalue weighted by Crippen LogP contribution is -2.40. The molecule has 1 aliphatic heterocycles. The normalized spacial score (nSPS) is 23.6. The van der Waals surface area contributed by atoms with Gasteiger partial charge in [-0.25, -0.2) is 21.6 Å². The number of hydrogen-bond donors (Lipinski definition) is 2. The molecular formula is C13H17ClN2O5S2. The number of sulfone groups is 1. The highest BCUT2D eigenvalue weighted by Crippen LogP contribution is 2.20. The van der Waals surface area contributed by atoms with Crippen LogP contribution in [0.3, 0.4) is 0 Å². The summed E-state index contributed by atoms with van der Waals surface area (Å²) in [5, 5.41) is 1.82. The molecule has 1 aromatic rings. The van der Waals surface area contributed by atoms with Crippen molar-refractivity contribution < 1.29 is 21.6 Å². The zero-order valence-corrected chi connectivity index (χ0v) is 14.7. The second-order valence-corrected chi connectivity index (χ2v) is 9.80. The first-order chi connectivity index (χ1) is 10.6. The van der Waals surface area contributed by atoms with E-state index in [1.165, 1.54) is 19.1 Å². The lowest BCUT2D eigenvalue weighted by Gasteiger charge is -2.15. The zero-order chi connectivity index (χ0) is 17.3. The summed E-state index contributed by atoms with van der Waals surface area (Å²) in [5.74, 6) is -0.725. The molecule has 0 bridgehead atoms. The summed E-state index contributed by atoms with van der Waals surface area (Å²) in [5.41, 5.74) is 0.748. The Kier molecular flexibility index (Phi) is 5.34. The van der Waals surface area contributed by atoms with Crippen LogP contribution in [0.4, 0.5) is 0 Å². The average molecular weight is 381 g/mol. The van der Waals surface area contributed by atoms with Gasteiger partial charge >= 0.3 is 0 Å². The highest BCUT2D eigenvalue weighted by molar-refractivity contribution is 7.92. The fourth-order valence-electron chi connectivity index (χ4n) is 2.19. The second-order valence-electron chi connectivity index (χ2n) is 5.37. The fraction of sp³-hybridized carbons (Fsp3) is 0.462. The summed E-state index contributed by atoms with van der Waals surface area (Å²) in [6, 6.07) is 5.10. The van der Waals surface area contributed by atoms with E-state index in [9.17, 15) is 21.6 Å². The highest BCUT2D eigenvalue weighted by atomic mass is 35.5. The van der Waals surface area contributed by atoms with E-state index in [-0.39, 0.29) is 22.3 Å². The molecule has 0 aliphatic carbocycles. The van der Waals surface area contributed by atoms with Crippen molar-refractivity contribution in [2.75, 3.05) is 11.5 Å². The fourth-order valence-corrected chi connectivity index (χ4v) is 6.20. The Hall–Kier alpha value is -1.16. The number of hydrogen-bond acceptors (Lipinski definition) is 5. The third-order valence-corrected chi connectivity index (χ3v) is 7.25. The first kappa shape index (κ1) is 18.2. The highest BCUT2D eigenvalue weighted by Gasteiger charge is 2.38. The summed E-state index contributed by atoms with van der Waals surface area (Å²) < 4.78 is 49.9. The Balaban J connectivity index is 2.09. The van der Waals surface area contributed by atoms with E-state index in [0.717, 1.165) is 5.56 Å². The zero-order valence-electron chi connectivity index (χ0n) is 12.3. The van der Waals surface area contributed by atoms with E-state index < -0.39 is 31.3 Å². The number of sulfonamides is 1. The van der Waals surface area contributed by atoms with Gasteiger partial charge in [0.25, 0.3) is 0 Å². The molecule has 0 aromatic heterocycles. The molecule has 0 unspecified atom stereocenters. The molecule has 0 spiro atoms.